The van der Waals surface area contributed by atoms with E-state index < -0.39 is 11.8 Å². The van der Waals surface area contributed by atoms with Crippen LogP contribution in [0.2, 0.25) is 0 Å². The van der Waals surface area contributed by atoms with Gasteiger partial charge in [-0.2, -0.15) is 0 Å². The molecule has 3 amide bonds. The number of anilines is 1. The fourth-order valence-electron chi connectivity index (χ4n) is 3.93. The molecule has 9 heteroatoms. The van der Waals surface area contributed by atoms with Crippen molar-refractivity contribution in [2.45, 2.75) is 6.54 Å². The van der Waals surface area contributed by atoms with E-state index >= 15 is 0 Å². The van der Waals surface area contributed by atoms with Crippen molar-refractivity contribution in [2.75, 3.05) is 5.32 Å². The molecule has 0 atom stereocenters. The molecule has 8 nitrogen and oxygen atoms in total. The number of imidazole rings is 1. The zero-order chi connectivity index (χ0) is 23.2. The lowest BCUT2D eigenvalue weighted by atomic mass is 10.1. The molecule has 2 aromatic carbocycles. The molecule has 6 rings (SSSR count). The molecule has 0 bridgehead atoms. The van der Waals surface area contributed by atoms with Gasteiger partial charge < -0.3 is 9.73 Å². The normalized spacial score (nSPS) is 13.0. The van der Waals surface area contributed by atoms with Gasteiger partial charge in [-0.05, 0) is 42.5 Å². The summed E-state index contributed by atoms with van der Waals surface area (Å²) in [7, 11) is 0. The number of rotatable bonds is 5. The minimum atomic E-state index is -0.449. The molecule has 1 N–H and O–H groups in total. The van der Waals surface area contributed by atoms with Gasteiger partial charge in [0.1, 0.15) is 5.76 Å². The molecule has 166 valence electrons. The summed E-state index contributed by atoms with van der Waals surface area (Å²) < 4.78 is 7.22. The van der Waals surface area contributed by atoms with Crippen molar-refractivity contribution < 1.29 is 18.8 Å². The largest absolute Gasteiger partial charge is 0.467 e. The summed E-state index contributed by atoms with van der Waals surface area (Å²) in [4.78, 5) is 44.9. The maximum Gasteiger partial charge on any atom is 0.261 e. The van der Waals surface area contributed by atoms with Crippen LogP contribution in [0.5, 0.6) is 0 Å². The molecule has 1 aliphatic heterocycles. The van der Waals surface area contributed by atoms with Crippen LogP contribution in [0.25, 0.3) is 16.2 Å². The van der Waals surface area contributed by atoms with Crippen LogP contribution in [-0.2, 0) is 6.54 Å². The van der Waals surface area contributed by atoms with E-state index in [0.717, 1.165) is 21.1 Å². The van der Waals surface area contributed by atoms with Crippen LogP contribution in [-0.4, -0.2) is 32.0 Å². The Balaban J connectivity index is 1.19. The Morgan fingerprint density at radius 2 is 1.85 bits per heavy atom. The third kappa shape index (κ3) is 3.39. The predicted molar refractivity (Wildman–Crippen MR) is 126 cm³/mol. The smallest absolute Gasteiger partial charge is 0.261 e. The van der Waals surface area contributed by atoms with Crippen molar-refractivity contribution in [3.05, 3.63) is 101 Å². The third-order valence-electron chi connectivity index (χ3n) is 5.66. The van der Waals surface area contributed by atoms with Crippen molar-refractivity contribution in [3.63, 3.8) is 0 Å². The highest BCUT2D eigenvalue weighted by molar-refractivity contribution is 7.15. The maximum atomic E-state index is 12.8. The highest BCUT2D eigenvalue weighted by Gasteiger charge is 2.36. The molecular formula is C25H16N4O4S. The van der Waals surface area contributed by atoms with Gasteiger partial charge in [0.15, 0.2) is 4.96 Å². The number of furan rings is 1. The van der Waals surface area contributed by atoms with Crippen LogP contribution in [0, 0.1) is 0 Å². The Bertz CT molecular complexity index is 1540. The van der Waals surface area contributed by atoms with Crippen molar-refractivity contribution in [1.82, 2.24) is 14.3 Å². The van der Waals surface area contributed by atoms with Crippen LogP contribution in [0.15, 0.2) is 83.1 Å². The number of aromatic nitrogens is 2. The van der Waals surface area contributed by atoms with Crippen molar-refractivity contribution in [1.29, 1.82) is 0 Å². The standard InChI is InChI=1S/C25H16N4O4S/c30-22(26-17-6-3-15(4-7-17)21-14-28-9-11-34-25(28)27-21)16-5-8-19-20(12-16)24(32)29(23(19)31)13-18-2-1-10-33-18/h1-12,14H,13H2,(H,26,30). The van der Waals surface area contributed by atoms with Gasteiger partial charge >= 0.3 is 0 Å². The zero-order valence-electron chi connectivity index (χ0n) is 17.6. The van der Waals surface area contributed by atoms with E-state index in [9.17, 15) is 14.4 Å². The number of carbonyl (C=O) groups is 3. The molecule has 0 radical (unpaired) electrons. The summed E-state index contributed by atoms with van der Waals surface area (Å²) in [5.74, 6) is -0.720. The topological polar surface area (TPSA) is 96.9 Å². The van der Waals surface area contributed by atoms with E-state index in [4.69, 9.17) is 4.42 Å². The van der Waals surface area contributed by atoms with Gasteiger partial charge in [-0.15, -0.1) is 11.3 Å². The summed E-state index contributed by atoms with van der Waals surface area (Å²) in [6, 6.07) is 15.3. The number of nitrogens with one attached hydrogen (secondary N) is 1. The first kappa shape index (κ1) is 20.1. The van der Waals surface area contributed by atoms with Crippen molar-refractivity contribution in [2.24, 2.45) is 0 Å². The summed E-state index contributed by atoms with van der Waals surface area (Å²) in [5, 5.41) is 4.81. The third-order valence-corrected chi connectivity index (χ3v) is 6.43. The molecule has 0 saturated carbocycles. The zero-order valence-corrected chi connectivity index (χ0v) is 18.4. The Morgan fingerprint density at radius 3 is 2.62 bits per heavy atom. The first-order chi connectivity index (χ1) is 16.6. The fraction of sp³-hybridized carbons (Fsp3) is 0.0400. The van der Waals surface area contributed by atoms with E-state index in [2.05, 4.69) is 10.3 Å². The van der Waals surface area contributed by atoms with Crippen LogP contribution < -0.4 is 5.32 Å². The van der Waals surface area contributed by atoms with Gasteiger partial charge in [-0.1, -0.05) is 12.1 Å². The number of amides is 3. The van der Waals surface area contributed by atoms with Gasteiger partial charge in [0, 0.05) is 34.6 Å². The Hall–Kier alpha value is -4.50. The second-order valence-corrected chi connectivity index (χ2v) is 8.66. The van der Waals surface area contributed by atoms with E-state index in [1.807, 2.05) is 34.3 Å². The molecule has 0 saturated heterocycles. The van der Waals surface area contributed by atoms with E-state index in [1.54, 1.807) is 41.7 Å². The molecular weight excluding hydrogens is 452 g/mol. The Labute approximate surface area is 197 Å². The molecule has 34 heavy (non-hydrogen) atoms. The number of hydrogen-bond donors (Lipinski definition) is 1. The molecule has 0 fully saturated rings. The second-order valence-electron chi connectivity index (χ2n) is 7.79. The minimum Gasteiger partial charge on any atom is -0.467 e. The highest BCUT2D eigenvalue weighted by Crippen LogP contribution is 2.27. The van der Waals surface area contributed by atoms with E-state index in [-0.39, 0.29) is 29.1 Å². The maximum absolute atomic E-state index is 12.8. The average Bonchev–Trinajstić information content (AvgIpc) is 3.62. The van der Waals surface area contributed by atoms with Gasteiger partial charge in [-0.3, -0.25) is 23.7 Å². The SMILES string of the molecule is O=C(Nc1ccc(-c2cn3ccsc3n2)cc1)c1ccc2c(c1)C(=O)N(Cc1ccco1)C2=O. The fourth-order valence-corrected chi connectivity index (χ4v) is 4.63. The summed E-state index contributed by atoms with van der Waals surface area (Å²) in [6.45, 7) is 0.0436. The number of fused-ring (bicyclic) bond motifs is 2. The average molecular weight is 468 g/mol. The number of thiazole rings is 1. The van der Waals surface area contributed by atoms with Gasteiger partial charge in [0.05, 0.1) is 29.6 Å². The van der Waals surface area contributed by atoms with Crippen LogP contribution in [0.4, 0.5) is 5.69 Å². The summed E-state index contributed by atoms with van der Waals surface area (Å²) >= 11 is 1.56. The van der Waals surface area contributed by atoms with Crippen LogP contribution in [0.1, 0.15) is 36.8 Å². The molecule has 1 aliphatic rings. The highest BCUT2D eigenvalue weighted by atomic mass is 32.1. The second kappa shape index (κ2) is 7.82. The molecule has 4 heterocycles. The number of carbonyl (C=O) groups excluding carboxylic acids is 3. The van der Waals surface area contributed by atoms with E-state index in [1.165, 1.54) is 18.4 Å². The first-order valence-electron chi connectivity index (χ1n) is 10.4. The number of imide groups is 1. The number of nitrogens with zero attached hydrogens (tertiary/aromatic N) is 3. The lowest BCUT2D eigenvalue weighted by Gasteiger charge is -2.11. The Morgan fingerprint density at radius 1 is 1.03 bits per heavy atom. The lowest BCUT2D eigenvalue weighted by Crippen LogP contribution is -2.28. The summed E-state index contributed by atoms with van der Waals surface area (Å²) in [6.07, 6.45) is 5.40. The first-order valence-corrected chi connectivity index (χ1v) is 11.3. The van der Waals surface area contributed by atoms with Gasteiger partial charge in [-0.25, -0.2) is 4.98 Å². The van der Waals surface area contributed by atoms with Gasteiger partial charge in [0.2, 0.25) is 0 Å². The molecule has 5 aromatic rings. The van der Waals surface area contributed by atoms with Gasteiger partial charge in [0.25, 0.3) is 17.7 Å². The molecule has 3 aromatic heterocycles. The number of benzene rings is 2. The Kier molecular flexibility index (Phi) is 4.63. The molecule has 0 spiro atoms. The number of hydrogen-bond acceptors (Lipinski definition) is 6. The minimum absolute atomic E-state index is 0.0436. The molecule has 0 unspecified atom stereocenters. The predicted octanol–water partition coefficient (Wildman–Crippen LogP) is 4.70. The van der Waals surface area contributed by atoms with Crippen molar-refractivity contribution in [3.8, 4) is 11.3 Å². The monoisotopic (exact) mass is 468 g/mol. The van der Waals surface area contributed by atoms with Crippen LogP contribution in [0.3, 0.4) is 0 Å². The van der Waals surface area contributed by atoms with Crippen molar-refractivity contribution >= 4 is 39.7 Å². The van der Waals surface area contributed by atoms with E-state index in [0.29, 0.717) is 11.4 Å². The summed E-state index contributed by atoms with van der Waals surface area (Å²) in [5.41, 5.74) is 3.17. The van der Waals surface area contributed by atoms with Crippen LogP contribution >= 0.6 is 11.3 Å². The lowest BCUT2D eigenvalue weighted by molar-refractivity contribution is 0.0631. The quantitative estimate of drug-likeness (QED) is 0.377. The molecule has 0 aliphatic carbocycles.